The van der Waals surface area contributed by atoms with Crippen LogP contribution in [0.1, 0.15) is 25.7 Å². The van der Waals surface area contributed by atoms with Crippen LogP contribution in [0, 0.1) is 0 Å². The van der Waals surface area contributed by atoms with E-state index in [-0.39, 0.29) is 12.1 Å². The first-order chi connectivity index (χ1) is 13.4. The minimum absolute atomic E-state index is 0.228. The number of hydrogen-bond acceptors (Lipinski definition) is 5. The lowest BCUT2D eigenvalue weighted by molar-refractivity contribution is 0.248. The van der Waals surface area contributed by atoms with Crippen molar-refractivity contribution in [3.63, 3.8) is 0 Å². The Kier molecular flexibility index (Phi) is 4.88. The van der Waals surface area contributed by atoms with Gasteiger partial charge in [0.2, 0.25) is 0 Å². The van der Waals surface area contributed by atoms with Crippen LogP contribution in [0.25, 0.3) is 22.6 Å². The molecule has 0 spiro atoms. The Morgan fingerprint density at radius 1 is 1.11 bits per heavy atom. The largest absolute Gasteiger partial charge is 0.465 e. The minimum Gasteiger partial charge on any atom is -0.465 e. The predicted molar refractivity (Wildman–Crippen MR) is 112 cm³/mol. The number of amides is 2. The number of urea groups is 1. The third-order valence-corrected chi connectivity index (χ3v) is 6.68. The van der Waals surface area contributed by atoms with Crippen LogP contribution in [0.3, 0.4) is 0 Å². The zero-order chi connectivity index (χ0) is 19.7. The average Bonchev–Trinajstić information content (AvgIpc) is 3.32. The predicted octanol–water partition coefficient (Wildman–Crippen LogP) is 3.89. The highest BCUT2D eigenvalue weighted by Crippen LogP contribution is 2.21. The fraction of sp³-hybridized carbons (Fsp3) is 0.400. The lowest BCUT2D eigenvalue weighted by Gasteiger charge is -2.12. The molecule has 3 aromatic rings. The highest BCUT2D eigenvalue weighted by atomic mass is 28.3. The van der Waals surface area contributed by atoms with Crippen LogP contribution in [0.15, 0.2) is 34.9 Å². The Bertz CT molecular complexity index is 1010. The first kappa shape index (κ1) is 18.6. The number of rotatable bonds is 4. The standard InChI is InChI=1S/C20H25N5O2Si/c1-28(2,3)18-11-9-16(27-18)15-12-21-14-8-10-17(24-19(14)23-15)25-20(26)22-13-6-4-5-7-13/h8-13H,4-7H2,1-3H3,(H2,22,23,24,25,26). The van der Waals surface area contributed by atoms with Crippen LogP contribution in [-0.2, 0) is 0 Å². The number of carbonyl (C=O) groups is 1. The molecule has 7 nitrogen and oxygen atoms in total. The third kappa shape index (κ3) is 4.06. The van der Waals surface area contributed by atoms with Crippen LogP contribution >= 0.6 is 0 Å². The van der Waals surface area contributed by atoms with Gasteiger partial charge < -0.3 is 9.73 Å². The summed E-state index contributed by atoms with van der Waals surface area (Å²) >= 11 is 0. The zero-order valence-electron chi connectivity index (χ0n) is 16.5. The maximum absolute atomic E-state index is 12.2. The fourth-order valence-corrected chi connectivity index (χ4v) is 4.37. The minimum atomic E-state index is -1.53. The molecule has 0 saturated heterocycles. The molecular formula is C20H25N5O2Si. The van der Waals surface area contributed by atoms with Crippen molar-refractivity contribution >= 4 is 36.5 Å². The van der Waals surface area contributed by atoms with Gasteiger partial charge in [-0.1, -0.05) is 32.5 Å². The monoisotopic (exact) mass is 395 g/mol. The molecule has 1 aliphatic carbocycles. The number of nitrogens with zero attached hydrogens (tertiary/aromatic N) is 3. The van der Waals surface area contributed by atoms with Crippen LogP contribution < -0.4 is 16.0 Å². The van der Waals surface area contributed by atoms with Gasteiger partial charge in [0.15, 0.2) is 11.4 Å². The van der Waals surface area contributed by atoms with Crippen molar-refractivity contribution in [3.8, 4) is 11.5 Å². The maximum atomic E-state index is 12.2. The molecule has 0 atom stereocenters. The Morgan fingerprint density at radius 3 is 2.61 bits per heavy atom. The molecule has 1 saturated carbocycles. The summed E-state index contributed by atoms with van der Waals surface area (Å²) in [5, 5.41) is 6.81. The first-order valence-electron chi connectivity index (χ1n) is 9.70. The molecule has 3 heterocycles. The van der Waals surface area contributed by atoms with E-state index < -0.39 is 8.07 Å². The highest BCUT2D eigenvalue weighted by Gasteiger charge is 2.22. The summed E-state index contributed by atoms with van der Waals surface area (Å²) in [6.07, 6.45) is 6.11. The van der Waals surface area contributed by atoms with Gasteiger partial charge in [-0.25, -0.2) is 14.8 Å². The summed E-state index contributed by atoms with van der Waals surface area (Å²) in [7, 11) is -1.53. The molecule has 28 heavy (non-hydrogen) atoms. The first-order valence-corrected chi connectivity index (χ1v) is 13.2. The van der Waals surface area contributed by atoms with Gasteiger partial charge in [0.05, 0.1) is 11.6 Å². The maximum Gasteiger partial charge on any atom is 0.320 e. The topological polar surface area (TPSA) is 92.9 Å². The van der Waals surface area contributed by atoms with Crippen LogP contribution in [-0.4, -0.2) is 35.1 Å². The highest BCUT2D eigenvalue weighted by molar-refractivity contribution is 6.87. The second-order valence-corrected chi connectivity index (χ2v) is 13.3. The van der Waals surface area contributed by atoms with Crippen LogP contribution in [0.5, 0.6) is 0 Å². The number of anilines is 1. The van der Waals surface area contributed by atoms with Gasteiger partial charge in [0, 0.05) is 6.04 Å². The van der Waals surface area contributed by atoms with E-state index in [1.807, 2.05) is 12.1 Å². The lowest BCUT2D eigenvalue weighted by Crippen LogP contribution is -2.36. The Labute approximate surface area is 165 Å². The van der Waals surface area contributed by atoms with E-state index >= 15 is 0 Å². The number of carbonyl (C=O) groups excluding carboxylic acids is 1. The summed E-state index contributed by atoms with van der Waals surface area (Å²) < 4.78 is 6.00. The quantitative estimate of drug-likeness (QED) is 0.654. The van der Waals surface area contributed by atoms with Crippen molar-refractivity contribution in [2.45, 2.75) is 51.4 Å². The molecule has 0 radical (unpaired) electrons. The number of furan rings is 1. The van der Waals surface area contributed by atoms with E-state index in [2.05, 4.69) is 45.2 Å². The SMILES string of the molecule is C[Si](C)(C)c1ccc(-c2cnc3ccc(NC(=O)NC4CCCC4)nc3n2)o1. The molecule has 146 valence electrons. The Morgan fingerprint density at radius 2 is 1.89 bits per heavy atom. The van der Waals surface area contributed by atoms with E-state index in [0.29, 0.717) is 28.4 Å². The molecule has 2 N–H and O–H groups in total. The summed E-state index contributed by atoms with van der Waals surface area (Å²) in [5.74, 6) is 1.14. The van der Waals surface area contributed by atoms with Crippen molar-refractivity contribution in [2.24, 2.45) is 0 Å². The van der Waals surface area contributed by atoms with Gasteiger partial charge in [0.25, 0.3) is 0 Å². The van der Waals surface area contributed by atoms with Crippen molar-refractivity contribution in [1.29, 1.82) is 0 Å². The molecule has 4 rings (SSSR count). The van der Waals surface area contributed by atoms with Crippen molar-refractivity contribution in [3.05, 3.63) is 30.5 Å². The molecule has 2 amide bonds. The summed E-state index contributed by atoms with van der Waals surface area (Å²) in [6, 6.07) is 7.52. The summed E-state index contributed by atoms with van der Waals surface area (Å²) in [4.78, 5) is 25.7. The van der Waals surface area contributed by atoms with Crippen LogP contribution in [0.4, 0.5) is 10.6 Å². The molecular weight excluding hydrogens is 370 g/mol. The molecule has 0 aromatic carbocycles. The molecule has 8 heteroatoms. The second kappa shape index (κ2) is 7.35. The van der Waals surface area contributed by atoms with Gasteiger partial charge in [-0.15, -0.1) is 0 Å². The number of aromatic nitrogens is 3. The van der Waals surface area contributed by atoms with Gasteiger partial charge >= 0.3 is 6.03 Å². The number of nitrogens with one attached hydrogen (secondary N) is 2. The summed E-state index contributed by atoms with van der Waals surface area (Å²) in [6.45, 7) is 6.70. The van der Waals surface area contributed by atoms with Gasteiger partial charge in [-0.2, -0.15) is 0 Å². The summed E-state index contributed by atoms with van der Waals surface area (Å²) in [5.41, 5.74) is 1.78. The fourth-order valence-electron chi connectivity index (χ4n) is 3.37. The molecule has 0 unspecified atom stereocenters. The van der Waals surface area contributed by atoms with Gasteiger partial charge in [0.1, 0.15) is 25.1 Å². The molecule has 0 bridgehead atoms. The van der Waals surface area contributed by atoms with Crippen molar-refractivity contribution < 1.29 is 9.21 Å². The average molecular weight is 396 g/mol. The van der Waals surface area contributed by atoms with E-state index in [4.69, 9.17) is 4.42 Å². The smallest absolute Gasteiger partial charge is 0.320 e. The Balaban J connectivity index is 1.55. The van der Waals surface area contributed by atoms with Gasteiger partial charge in [-0.05, 0) is 37.1 Å². The van der Waals surface area contributed by atoms with E-state index in [1.165, 1.54) is 12.8 Å². The Hall–Kier alpha value is -2.74. The van der Waals surface area contributed by atoms with Crippen LogP contribution in [0.2, 0.25) is 19.6 Å². The number of fused-ring (bicyclic) bond motifs is 1. The van der Waals surface area contributed by atoms with Crippen molar-refractivity contribution in [1.82, 2.24) is 20.3 Å². The molecule has 3 aromatic heterocycles. The lowest BCUT2D eigenvalue weighted by atomic mass is 10.2. The second-order valence-electron chi connectivity index (χ2n) is 8.29. The molecule has 1 aliphatic rings. The van der Waals surface area contributed by atoms with E-state index in [9.17, 15) is 4.79 Å². The number of pyridine rings is 1. The molecule has 0 aliphatic heterocycles. The van der Waals surface area contributed by atoms with E-state index in [0.717, 1.165) is 18.2 Å². The van der Waals surface area contributed by atoms with Crippen molar-refractivity contribution in [2.75, 3.05) is 5.32 Å². The van der Waals surface area contributed by atoms with Gasteiger partial charge in [-0.3, -0.25) is 10.3 Å². The van der Waals surface area contributed by atoms with E-state index in [1.54, 1.807) is 18.3 Å². The zero-order valence-corrected chi connectivity index (χ0v) is 17.5. The number of hydrogen-bond donors (Lipinski definition) is 2. The molecule has 1 fully saturated rings. The normalized spacial score (nSPS) is 15.1. The third-order valence-electron chi connectivity index (χ3n) is 4.94.